The molecule has 0 saturated heterocycles. The fraction of sp³-hybridized carbons (Fsp3) is 0.938. The largest absolute Gasteiger partial charge is 0.460 e. The SMILES string of the molecule is CC(C)(C)OC(=O)CCCCCCCCCCCI. The Morgan fingerprint density at radius 2 is 1.26 bits per heavy atom. The Kier molecular flexibility index (Phi) is 12.1. The molecule has 0 atom stereocenters. The van der Waals surface area contributed by atoms with Crippen LogP contribution in [0, 0.1) is 0 Å². The zero-order chi connectivity index (χ0) is 14.6. The van der Waals surface area contributed by atoms with Crippen molar-refractivity contribution in [2.24, 2.45) is 0 Å². The van der Waals surface area contributed by atoms with Gasteiger partial charge < -0.3 is 4.74 Å². The Morgan fingerprint density at radius 1 is 0.842 bits per heavy atom. The second kappa shape index (κ2) is 12.0. The average molecular weight is 382 g/mol. The van der Waals surface area contributed by atoms with Crippen LogP contribution in [0.4, 0.5) is 0 Å². The molecule has 3 heteroatoms. The summed E-state index contributed by atoms with van der Waals surface area (Å²) in [5.41, 5.74) is -0.338. The normalized spacial score (nSPS) is 11.6. The third kappa shape index (κ3) is 16.1. The Balaban J connectivity index is 3.21. The first-order chi connectivity index (χ1) is 8.95. The number of ether oxygens (including phenoxy) is 1. The molecule has 19 heavy (non-hydrogen) atoms. The van der Waals surface area contributed by atoms with Crippen molar-refractivity contribution < 1.29 is 9.53 Å². The van der Waals surface area contributed by atoms with Crippen molar-refractivity contribution in [1.29, 1.82) is 0 Å². The van der Waals surface area contributed by atoms with Crippen LogP contribution in [0.3, 0.4) is 0 Å². The molecule has 0 fully saturated rings. The van der Waals surface area contributed by atoms with Crippen LogP contribution in [-0.4, -0.2) is 16.0 Å². The van der Waals surface area contributed by atoms with E-state index < -0.39 is 0 Å². The molecule has 0 spiro atoms. The number of rotatable bonds is 11. The van der Waals surface area contributed by atoms with Crippen molar-refractivity contribution in [3.63, 3.8) is 0 Å². The van der Waals surface area contributed by atoms with E-state index in [2.05, 4.69) is 22.6 Å². The monoisotopic (exact) mass is 382 g/mol. The fourth-order valence-corrected chi connectivity index (χ4v) is 2.53. The summed E-state index contributed by atoms with van der Waals surface area (Å²) in [6.45, 7) is 5.76. The molecule has 0 aromatic carbocycles. The molecular weight excluding hydrogens is 351 g/mol. The Morgan fingerprint density at radius 3 is 1.68 bits per heavy atom. The molecule has 0 saturated carbocycles. The van der Waals surface area contributed by atoms with Gasteiger partial charge in [0.1, 0.15) is 5.60 Å². The molecule has 0 amide bonds. The van der Waals surface area contributed by atoms with Gasteiger partial charge in [0.05, 0.1) is 0 Å². The van der Waals surface area contributed by atoms with E-state index in [9.17, 15) is 4.79 Å². The van der Waals surface area contributed by atoms with E-state index in [0.29, 0.717) is 6.42 Å². The first-order valence-corrected chi connectivity index (χ1v) is 9.26. The molecule has 0 rings (SSSR count). The molecule has 0 aromatic rings. The molecule has 0 bridgehead atoms. The standard InChI is InChI=1S/C16H31IO2/c1-16(2,3)19-15(18)13-11-9-7-5-4-6-8-10-12-14-17/h4-14H2,1-3H3. The van der Waals surface area contributed by atoms with E-state index in [4.69, 9.17) is 4.74 Å². The Labute approximate surface area is 133 Å². The van der Waals surface area contributed by atoms with Crippen LogP contribution in [0.2, 0.25) is 0 Å². The quantitative estimate of drug-likeness (QED) is 0.199. The molecular formula is C16H31IO2. The zero-order valence-electron chi connectivity index (χ0n) is 13.0. The molecule has 0 aliphatic heterocycles. The maximum Gasteiger partial charge on any atom is 0.306 e. The molecule has 0 radical (unpaired) electrons. The molecule has 0 heterocycles. The van der Waals surface area contributed by atoms with Crippen LogP contribution < -0.4 is 0 Å². The third-order valence-corrected chi connectivity index (χ3v) is 3.70. The molecule has 0 N–H and O–H groups in total. The minimum atomic E-state index is -0.338. The summed E-state index contributed by atoms with van der Waals surface area (Å²) in [5.74, 6) is -0.0497. The van der Waals surface area contributed by atoms with Gasteiger partial charge in [-0.1, -0.05) is 67.5 Å². The highest BCUT2D eigenvalue weighted by Crippen LogP contribution is 2.13. The number of carbonyl (C=O) groups is 1. The molecule has 2 nitrogen and oxygen atoms in total. The number of carbonyl (C=O) groups excluding carboxylic acids is 1. The molecule has 0 aromatic heterocycles. The minimum absolute atomic E-state index is 0.0497. The lowest BCUT2D eigenvalue weighted by molar-refractivity contribution is -0.154. The second-order valence-electron chi connectivity index (χ2n) is 6.21. The topological polar surface area (TPSA) is 26.3 Å². The predicted octanol–water partition coefficient (Wildman–Crippen LogP) is 5.66. The Bertz CT molecular complexity index is 221. The van der Waals surface area contributed by atoms with Gasteiger partial charge in [0, 0.05) is 6.42 Å². The van der Waals surface area contributed by atoms with E-state index >= 15 is 0 Å². The lowest BCUT2D eigenvalue weighted by Gasteiger charge is -2.19. The summed E-state index contributed by atoms with van der Waals surface area (Å²) in [7, 11) is 0. The maximum absolute atomic E-state index is 11.5. The average Bonchev–Trinajstić information content (AvgIpc) is 2.29. The van der Waals surface area contributed by atoms with Gasteiger partial charge in [-0.2, -0.15) is 0 Å². The van der Waals surface area contributed by atoms with Gasteiger partial charge in [0.2, 0.25) is 0 Å². The van der Waals surface area contributed by atoms with Gasteiger partial charge in [-0.3, -0.25) is 4.79 Å². The van der Waals surface area contributed by atoms with Crippen molar-refractivity contribution in [2.75, 3.05) is 4.43 Å². The summed E-state index contributed by atoms with van der Waals surface area (Å²) >= 11 is 2.45. The van der Waals surface area contributed by atoms with Crippen molar-refractivity contribution in [1.82, 2.24) is 0 Å². The third-order valence-electron chi connectivity index (χ3n) is 2.93. The van der Waals surface area contributed by atoms with Crippen LogP contribution in [0.1, 0.15) is 85.0 Å². The van der Waals surface area contributed by atoms with Crippen molar-refractivity contribution in [3.8, 4) is 0 Å². The van der Waals surface area contributed by atoms with Crippen molar-refractivity contribution in [2.45, 2.75) is 90.6 Å². The summed E-state index contributed by atoms with van der Waals surface area (Å²) in [6, 6.07) is 0. The summed E-state index contributed by atoms with van der Waals surface area (Å²) < 4.78 is 6.57. The van der Waals surface area contributed by atoms with E-state index in [-0.39, 0.29) is 11.6 Å². The highest BCUT2D eigenvalue weighted by atomic mass is 127. The van der Waals surface area contributed by atoms with Crippen LogP contribution in [0.15, 0.2) is 0 Å². The number of alkyl halides is 1. The summed E-state index contributed by atoms with van der Waals surface area (Å²) in [6.07, 6.45) is 12.2. The van der Waals surface area contributed by atoms with Crippen molar-refractivity contribution >= 4 is 28.6 Å². The Hall–Kier alpha value is 0.200. The molecule has 0 aliphatic carbocycles. The van der Waals surface area contributed by atoms with Gasteiger partial charge >= 0.3 is 5.97 Å². The molecule has 0 unspecified atom stereocenters. The van der Waals surface area contributed by atoms with Crippen LogP contribution in [-0.2, 0) is 9.53 Å². The number of halogens is 1. The molecule has 0 aliphatic rings. The van der Waals surface area contributed by atoms with Gasteiger partial charge in [-0.15, -0.1) is 0 Å². The second-order valence-corrected chi connectivity index (χ2v) is 7.29. The number of hydrogen-bond acceptors (Lipinski definition) is 2. The highest BCUT2D eigenvalue weighted by Gasteiger charge is 2.15. The van der Waals surface area contributed by atoms with E-state index in [1.165, 1.54) is 49.4 Å². The summed E-state index contributed by atoms with van der Waals surface area (Å²) in [4.78, 5) is 11.5. The van der Waals surface area contributed by atoms with Crippen molar-refractivity contribution in [3.05, 3.63) is 0 Å². The predicted molar refractivity (Wildman–Crippen MR) is 90.9 cm³/mol. The zero-order valence-corrected chi connectivity index (χ0v) is 15.1. The first kappa shape index (κ1) is 19.2. The van der Waals surface area contributed by atoms with Crippen LogP contribution >= 0.6 is 22.6 Å². The number of esters is 1. The summed E-state index contributed by atoms with van der Waals surface area (Å²) in [5, 5.41) is 0. The van der Waals surface area contributed by atoms with E-state index in [0.717, 1.165) is 12.8 Å². The lowest BCUT2D eigenvalue weighted by atomic mass is 10.1. The van der Waals surface area contributed by atoms with Gasteiger partial charge in [-0.05, 0) is 38.0 Å². The van der Waals surface area contributed by atoms with Gasteiger partial charge in [0.15, 0.2) is 0 Å². The maximum atomic E-state index is 11.5. The van der Waals surface area contributed by atoms with Crippen LogP contribution in [0.25, 0.3) is 0 Å². The van der Waals surface area contributed by atoms with Crippen LogP contribution in [0.5, 0.6) is 0 Å². The van der Waals surface area contributed by atoms with Gasteiger partial charge in [-0.25, -0.2) is 0 Å². The minimum Gasteiger partial charge on any atom is -0.460 e. The van der Waals surface area contributed by atoms with E-state index in [1.807, 2.05) is 20.8 Å². The lowest BCUT2D eigenvalue weighted by Crippen LogP contribution is -2.23. The number of unbranched alkanes of at least 4 members (excludes halogenated alkanes) is 8. The molecule has 114 valence electrons. The van der Waals surface area contributed by atoms with E-state index in [1.54, 1.807) is 0 Å². The van der Waals surface area contributed by atoms with Gasteiger partial charge in [0.25, 0.3) is 0 Å². The first-order valence-electron chi connectivity index (χ1n) is 7.73. The number of hydrogen-bond donors (Lipinski definition) is 0. The highest BCUT2D eigenvalue weighted by molar-refractivity contribution is 14.1. The smallest absolute Gasteiger partial charge is 0.306 e. The fourth-order valence-electron chi connectivity index (χ4n) is 1.99.